The summed E-state index contributed by atoms with van der Waals surface area (Å²) in [6, 6.07) is 16.5. The molecule has 1 unspecified atom stereocenters. The minimum atomic E-state index is -0.0669. The lowest BCUT2D eigenvalue weighted by Crippen LogP contribution is -2.54. The van der Waals surface area contributed by atoms with Crippen molar-refractivity contribution in [3.63, 3.8) is 0 Å². The third kappa shape index (κ3) is 2.47. The lowest BCUT2D eigenvalue weighted by Gasteiger charge is -2.49. The normalized spacial score (nSPS) is 19.1. The summed E-state index contributed by atoms with van der Waals surface area (Å²) in [4.78, 5) is 21.4. The topological polar surface area (TPSA) is 39.3 Å². The number of H-pyrrole nitrogens is 1. The van der Waals surface area contributed by atoms with E-state index in [9.17, 15) is 4.79 Å². The zero-order chi connectivity index (χ0) is 18.8. The van der Waals surface area contributed by atoms with Crippen LogP contribution in [0.25, 0.3) is 10.9 Å². The molecule has 1 aromatic heterocycles. The smallest absolute Gasteiger partial charge is 0.257 e. The number of nitrogens with one attached hydrogen (secondary N) is 1. The molecule has 1 amide bonds. The molecule has 2 aliphatic heterocycles. The van der Waals surface area contributed by atoms with Crippen LogP contribution in [-0.2, 0) is 6.42 Å². The highest BCUT2D eigenvalue weighted by atomic mass is 16.2. The average molecular weight is 359 g/mol. The fourth-order valence-electron chi connectivity index (χ4n) is 4.63. The number of hydrogen-bond donors (Lipinski definition) is 1. The van der Waals surface area contributed by atoms with Crippen LogP contribution < -0.4 is 4.90 Å². The number of fused-ring (bicyclic) bond motifs is 6. The Kier molecular flexibility index (Phi) is 3.42. The summed E-state index contributed by atoms with van der Waals surface area (Å²) in [6.07, 6.45) is 0.829. The maximum absolute atomic E-state index is 13.3. The van der Waals surface area contributed by atoms with E-state index in [-0.39, 0.29) is 17.5 Å². The molecule has 0 spiro atoms. The maximum atomic E-state index is 13.3. The van der Waals surface area contributed by atoms with Gasteiger partial charge in [-0.25, -0.2) is 0 Å². The van der Waals surface area contributed by atoms with E-state index in [1.54, 1.807) is 0 Å². The molecule has 4 nitrogen and oxygen atoms in total. The number of carbonyl (C=O) groups is 1. The summed E-state index contributed by atoms with van der Waals surface area (Å²) >= 11 is 0. The number of aromatic amines is 1. The van der Waals surface area contributed by atoms with E-state index in [2.05, 4.69) is 61.0 Å². The number of para-hydroxylation sites is 2. The Morgan fingerprint density at radius 2 is 1.81 bits per heavy atom. The van der Waals surface area contributed by atoms with Crippen LogP contribution in [0.15, 0.2) is 48.5 Å². The lowest BCUT2D eigenvalue weighted by atomic mass is 9.91. The molecule has 1 N–H and O–H groups in total. The first kappa shape index (κ1) is 16.4. The molecule has 0 fully saturated rings. The van der Waals surface area contributed by atoms with Gasteiger partial charge in [-0.1, -0.05) is 51.1 Å². The summed E-state index contributed by atoms with van der Waals surface area (Å²) in [6.45, 7) is 8.41. The number of carbonyl (C=O) groups excluding carboxylic acids is 1. The maximum Gasteiger partial charge on any atom is 0.257 e. The average Bonchev–Trinajstić information content (AvgIpc) is 3.02. The van der Waals surface area contributed by atoms with Crippen LogP contribution in [0.1, 0.15) is 48.6 Å². The zero-order valence-electron chi connectivity index (χ0n) is 16.1. The zero-order valence-corrected chi connectivity index (χ0v) is 16.1. The third-order valence-corrected chi connectivity index (χ3v) is 5.65. The van der Waals surface area contributed by atoms with Gasteiger partial charge in [-0.15, -0.1) is 0 Å². The van der Waals surface area contributed by atoms with Crippen molar-refractivity contribution in [3.8, 4) is 0 Å². The monoisotopic (exact) mass is 359 g/mol. The SMILES string of the molecule is CC(C)(C)CN1c2ccccc2C(=O)N2CCc3c([nH]c4ccccc34)C21. The highest BCUT2D eigenvalue weighted by Gasteiger charge is 2.43. The minimum absolute atomic E-state index is 0.0669. The highest BCUT2D eigenvalue weighted by Crippen LogP contribution is 2.44. The predicted molar refractivity (Wildman–Crippen MR) is 109 cm³/mol. The molecular weight excluding hydrogens is 334 g/mol. The van der Waals surface area contributed by atoms with Gasteiger partial charge in [0.1, 0.15) is 6.17 Å². The van der Waals surface area contributed by atoms with Gasteiger partial charge >= 0.3 is 0 Å². The van der Waals surface area contributed by atoms with E-state index >= 15 is 0 Å². The Bertz CT molecular complexity index is 1040. The molecule has 27 heavy (non-hydrogen) atoms. The molecule has 2 aromatic carbocycles. The summed E-state index contributed by atoms with van der Waals surface area (Å²) in [5.74, 6) is 0.144. The van der Waals surface area contributed by atoms with Crippen LogP contribution in [-0.4, -0.2) is 28.9 Å². The van der Waals surface area contributed by atoms with E-state index in [0.717, 1.165) is 36.3 Å². The Morgan fingerprint density at radius 3 is 2.63 bits per heavy atom. The van der Waals surface area contributed by atoms with Crippen LogP contribution in [0.3, 0.4) is 0 Å². The molecule has 5 rings (SSSR count). The van der Waals surface area contributed by atoms with Crippen molar-refractivity contribution < 1.29 is 4.79 Å². The Balaban J connectivity index is 1.74. The molecule has 3 aromatic rings. The van der Waals surface area contributed by atoms with Gasteiger partial charge in [-0.05, 0) is 35.6 Å². The molecule has 0 bridgehead atoms. The number of amides is 1. The molecule has 0 saturated heterocycles. The van der Waals surface area contributed by atoms with Gasteiger partial charge in [0.15, 0.2) is 0 Å². The number of rotatable bonds is 1. The summed E-state index contributed by atoms with van der Waals surface area (Å²) < 4.78 is 0. The van der Waals surface area contributed by atoms with E-state index in [1.165, 1.54) is 16.6 Å². The number of aromatic nitrogens is 1. The first-order chi connectivity index (χ1) is 12.9. The van der Waals surface area contributed by atoms with Crippen molar-refractivity contribution in [1.29, 1.82) is 0 Å². The van der Waals surface area contributed by atoms with Crippen LogP contribution in [0, 0.1) is 5.41 Å². The van der Waals surface area contributed by atoms with Crippen molar-refractivity contribution in [2.45, 2.75) is 33.4 Å². The van der Waals surface area contributed by atoms with Crippen molar-refractivity contribution in [3.05, 3.63) is 65.4 Å². The first-order valence-corrected chi connectivity index (χ1v) is 9.70. The van der Waals surface area contributed by atoms with Gasteiger partial charge in [0.25, 0.3) is 5.91 Å². The molecule has 4 heteroatoms. The Morgan fingerprint density at radius 1 is 1.07 bits per heavy atom. The second-order valence-electron chi connectivity index (χ2n) is 8.89. The van der Waals surface area contributed by atoms with Gasteiger partial charge in [-0.2, -0.15) is 0 Å². The van der Waals surface area contributed by atoms with E-state index in [4.69, 9.17) is 0 Å². The van der Waals surface area contributed by atoms with Crippen LogP contribution in [0.4, 0.5) is 5.69 Å². The van der Waals surface area contributed by atoms with E-state index < -0.39 is 0 Å². The van der Waals surface area contributed by atoms with E-state index in [1.807, 2.05) is 23.1 Å². The fraction of sp³-hybridized carbons (Fsp3) is 0.348. The molecule has 3 heterocycles. The minimum Gasteiger partial charge on any atom is -0.355 e. The molecule has 0 radical (unpaired) electrons. The van der Waals surface area contributed by atoms with Crippen LogP contribution in [0.5, 0.6) is 0 Å². The van der Waals surface area contributed by atoms with Gasteiger partial charge in [0, 0.05) is 24.0 Å². The van der Waals surface area contributed by atoms with Gasteiger partial charge in [-0.3, -0.25) is 4.79 Å². The highest BCUT2D eigenvalue weighted by molar-refractivity contribution is 6.02. The van der Waals surface area contributed by atoms with Crippen LogP contribution >= 0.6 is 0 Å². The number of nitrogens with zero attached hydrogens (tertiary/aromatic N) is 2. The molecule has 1 atom stereocenters. The van der Waals surface area contributed by atoms with Crippen molar-refractivity contribution in [2.75, 3.05) is 18.0 Å². The third-order valence-electron chi connectivity index (χ3n) is 5.65. The second-order valence-corrected chi connectivity index (χ2v) is 8.89. The van der Waals surface area contributed by atoms with E-state index in [0.29, 0.717) is 0 Å². The number of hydrogen-bond acceptors (Lipinski definition) is 2. The Hall–Kier alpha value is -2.75. The van der Waals surface area contributed by atoms with Crippen molar-refractivity contribution in [1.82, 2.24) is 9.88 Å². The molecule has 0 saturated carbocycles. The largest absolute Gasteiger partial charge is 0.355 e. The first-order valence-electron chi connectivity index (χ1n) is 9.70. The predicted octanol–water partition coefficient (Wildman–Crippen LogP) is 4.73. The second kappa shape index (κ2) is 5.62. The fourth-order valence-corrected chi connectivity index (χ4v) is 4.63. The van der Waals surface area contributed by atoms with Crippen molar-refractivity contribution >= 4 is 22.5 Å². The lowest BCUT2D eigenvalue weighted by molar-refractivity contribution is 0.0618. The molecule has 0 aliphatic carbocycles. The molecule has 2 aliphatic rings. The summed E-state index contributed by atoms with van der Waals surface area (Å²) in [7, 11) is 0. The van der Waals surface area contributed by atoms with Crippen molar-refractivity contribution in [2.24, 2.45) is 5.41 Å². The van der Waals surface area contributed by atoms with Gasteiger partial charge in [0.05, 0.1) is 16.9 Å². The quantitative estimate of drug-likeness (QED) is 0.682. The summed E-state index contributed by atoms with van der Waals surface area (Å²) in [5.41, 5.74) is 5.67. The molecular formula is C23H25N3O. The number of anilines is 1. The van der Waals surface area contributed by atoms with Gasteiger partial charge < -0.3 is 14.8 Å². The van der Waals surface area contributed by atoms with Crippen LogP contribution in [0.2, 0.25) is 0 Å². The molecule has 138 valence electrons. The standard InChI is InChI=1S/C23H25N3O/c1-23(2,3)14-26-19-11-7-5-9-17(19)22(27)25-13-12-16-15-8-4-6-10-18(15)24-20(16)21(25)26/h4-11,21,24H,12-14H2,1-3H3. The van der Waals surface area contributed by atoms with Gasteiger partial charge in [0.2, 0.25) is 0 Å². The Labute approximate surface area is 159 Å². The number of benzene rings is 2. The summed E-state index contributed by atoms with van der Waals surface area (Å²) in [5, 5.41) is 1.29.